The van der Waals surface area contributed by atoms with E-state index in [9.17, 15) is 0 Å². The van der Waals surface area contributed by atoms with Gasteiger partial charge in [0.15, 0.2) is 0 Å². The van der Waals surface area contributed by atoms with Gasteiger partial charge in [-0.25, -0.2) is 0 Å². The second-order valence-electron chi connectivity index (χ2n) is 4.84. The summed E-state index contributed by atoms with van der Waals surface area (Å²) in [7, 11) is 0. The molecule has 0 aliphatic heterocycles. The van der Waals surface area contributed by atoms with Crippen molar-refractivity contribution in [2.45, 2.75) is 57.8 Å². The molecule has 0 radical (unpaired) electrons. The van der Waals surface area contributed by atoms with Crippen molar-refractivity contribution in [3.63, 3.8) is 0 Å². The van der Waals surface area contributed by atoms with E-state index < -0.39 is 0 Å². The first-order valence-corrected chi connectivity index (χ1v) is 6.87. The van der Waals surface area contributed by atoms with E-state index in [-0.39, 0.29) is 0 Å². The van der Waals surface area contributed by atoms with Gasteiger partial charge in [-0.2, -0.15) is 0 Å². The van der Waals surface area contributed by atoms with Crippen molar-refractivity contribution >= 4 is 0 Å². The second-order valence-corrected chi connectivity index (χ2v) is 4.84. The van der Waals surface area contributed by atoms with Crippen LogP contribution in [0.3, 0.4) is 0 Å². The van der Waals surface area contributed by atoms with Crippen molar-refractivity contribution in [3.05, 3.63) is 37.0 Å². The van der Waals surface area contributed by atoms with Crippen molar-refractivity contribution in [2.24, 2.45) is 5.92 Å². The summed E-state index contributed by atoms with van der Waals surface area (Å²) in [6.45, 7) is 3.64. The van der Waals surface area contributed by atoms with Crippen LogP contribution < -0.4 is 0 Å². The average Bonchev–Trinajstić information content (AvgIpc) is 2.80. The predicted molar refractivity (Wildman–Crippen MR) is 73.5 cm³/mol. The van der Waals surface area contributed by atoms with Crippen LogP contribution in [0.5, 0.6) is 0 Å². The van der Waals surface area contributed by atoms with Crippen LogP contribution in [0, 0.1) is 5.92 Å². The Balaban J connectivity index is 1.85. The fourth-order valence-electron chi connectivity index (χ4n) is 2.49. The second kappa shape index (κ2) is 9.45. The molecule has 0 spiro atoms. The highest BCUT2D eigenvalue weighted by molar-refractivity contribution is 5.08. The minimum atomic E-state index is 1.08. The van der Waals surface area contributed by atoms with E-state index in [0.717, 1.165) is 5.92 Å². The highest BCUT2D eigenvalue weighted by Gasteiger charge is 2.13. The van der Waals surface area contributed by atoms with Crippen LogP contribution in [-0.4, -0.2) is 0 Å². The molecule has 1 aliphatic rings. The number of hydrogen-bond donors (Lipinski definition) is 0. The summed E-state index contributed by atoms with van der Waals surface area (Å²) in [6.07, 6.45) is 23.1. The number of hydrogen-bond acceptors (Lipinski definition) is 0. The summed E-state index contributed by atoms with van der Waals surface area (Å²) >= 11 is 0. The van der Waals surface area contributed by atoms with E-state index in [1.807, 2.05) is 18.2 Å². The first kappa shape index (κ1) is 13.3. The minimum Gasteiger partial charge on any atom is -0.0991 e. The molecular weight excluding hydrogens is 192 g/mol. The molecule has 1 aliphatic carbocycles. The monoisotopic (exact) mass is 218 g/mol. The molecule has 0 atom stereocenters. The van der Waals surface area contributed by atoms with Gasteiger partial charge in [0.2, 0.25) is 0 Å². The summed E-state index contributed by atoms with van der Waals surface area (Å²) in [4.78, 5) is 0. The van der Waals surface area contributed by atoms with Gasteiger partial charge in [0.05, 0.1) is 0 Å². The Morgan fingerprint density at radius 1 is 0.938 bits per heavy atom. The van der Waals surface area contributed by atoms with Gasteiger partial charge in [0.1, 0.15) is 0 Å². The van der Waals surface area contributed by atoms with Crippen LogP contribution in [0.4, 0.5) is 0 Å². The lowest BCUT2D eigenvalue weighted by molar-refractivity contribution is 0.469. The van der Waals surface area contributed by atoms with E-state index in [4.69, 9.17) is 0 Å². The topological polar surface area (TPSA) is 0 Å². The molecule has 0 bridgehead atoms. The highest BCUT2D eigenvalue weighted by Crippen LogP contribution is 2.29. The Morgan fingerprint density at radius 2 is 1.75 bits per heavy atom. The van der Waals surface area contributed by atoms with Crippen molar-refractivity contribution in [2.75, 3.05) is 0 Å². The van der Waals surface area contributed by atoms with Crippen LogP contribution in [0.2, 0.25) is 0 Å². The Kier molecular flexibility index (Phi) is 7.84. The quantitative estimate of drug-likeness (QED) is 0.376. The third kappa shape index (κ3) is 6.66. The smallest absolute Gasteiger partial charge is 0.0348 e. The first-order chi connectivity index (χ1) is 7.93. The SMILES string of the molecule is C=C/C=C\C=C\CCCCCC1CCCC1. The number of unbranched alkanes of at least 4 members (excludes halogenated alkanes) is 3. The lowest BCUT2D eigenvalue weighted by atomic mass is 9.99. The average molecular weight is 218 g/mol. The molecule has 0 saturated heterocycles. The van der Waals surface area contributed by atoms with Crippen molar-refractivity contribution < 1.29 is 0 Å². The fourth-order valence-corrected chi connectivity index (χ4v) is 2.49. The Hall–Kier alpha value is -0.780. The third-order valence-electron chi connectivity index (χ3n) is 3.45. The maximum Gasteiger partial charge on any atom is -0.0348 e. The van der Waals surface area contributed by atoms with Crippen LogP contribution in [-0.2, 0) is 0 Å². The highest BCUT2D eigenvalue weighted by atomic mass is 14.2. The molecule has 0 nitrogen and oxygen atoms in total. The summed E-state index contributed by atoms with van der Waals surface area (Å²) in [6, 6.07) is 0. The van der Waals surface area contributed by atoms with Gasteiger partial charge in [0, 0.05) is 0 Å². The molecule has 0 aromatic heterocycles. The molecule has 90 valence electrons. The van der Waals surface area contributed by atoms with Crippen molar-refractivity contribution in [1.82, 2.24) is 0 Å². The van der Waals surface area contributed by atoms with E-state index >= 15 is 0 Å². The molecular formula is C16H26. The zero-order valence-corrected chi connectivity index (χ0v) is 10.5. The van der Waals surface area contributed by atoms with Gasteiger partial charge >= 0.3 is 0 Å². The van der Waals surface area contributed by atoms with Gasteiger partial charge in [0.25, 0.3) is 0 Å². The molecule has 0 aromatic carbocycles. The van der Waals surface area contributed by atoms with E-state index in [1.165, 1.54) is 57.8 Å². The van der Waals surface area contributed by atoms with E-state index in [1.54, 1.807) is 0 Å². The minimum absolute atomic E-state index is 1.08. The van der Waals surface area contributed by atoms with Crippen LogP contribution >= 0.6 is 0 Å². The standard InChI is InChI=1S/C16H26/c1-2-3-4-5-6-7-8-9-10-13-16-14-11-12-15-16/h2-6,16H,1,7-15H2/b4-3-,6-5+. The third-order valence-corrected chi connectivity index (χ3v) is 3.45. The molecule has 1 saturated carbocycles. The fraction of sp³-hybridized carbons (Fsp3) is 0.625. The Morgan fingerprint density at radius 3 is 2.50 bits per heavy atom. The summed E-state index contributed by atoms with van der Waals surface area (Å²) in [5, 5.41) is 0. The van der Waals surface area contributed by atoms with Gasteiger partial charge in [-0.3, -0.25) is 0 Å². The molecule has 1 rings (SSSR count). The van der Waals surface area contributed by atoms with Crippen LogP contribution in [0.1, 0.15) is 57.8 Å². The molecule has 0 N–H and O–H groups in total. The zero-order valence-electron chi connectivity index (χ0n) is 10.5. The maximum atomic E-state index is 3.64. The van der Waals surface area contributed by atoms with Gasteiger partial charge < -0.3 is 0 Å². The van der Waals surface area contributed by atoms with E-state index in [2.05, 4.69) is 18.7 Å². The Labute approximate surface area is 101 Å². The lowest BCUT2D eigenvalue weighted by Crippen LogP contribution is -1.92. The molecule has 0 heterocycles. The maximum absolute atomic E-state index is 3.64. The molecule has 0 aromatic rings. The van der Waals surface area contributed by atoms with Crippen LogP contribution in [0.25, 0.3) is 0 Å². The Bertz CT molecular complexity index is 216. The van der Waals surface area contributed by atoms with Gasteiger partial charge in [-0.1, -0.05) is 81.9 Å². The molecule has 16 heavy (non-hydrogen) atoms. The molecule has 1 fully saturated rings. The van der Waals surface area contributed by atoms with Crippen molar-refractivity contribution in [1.29, 1.82) is 0 Å². The lowest BCUT2D eigenvalue weighted by Gasteiger charge is -2.07. The summed E-state index contributed by atoms with van der Waals surface area (Å²) in [5.74, 6) is 1.08. The molecule has 0 amide bonds. The summed E-state index contributed by atoms with van der Waals surface area (Å²) < 4.78 is 0. The first-order valence-electron chi connectivity index (χ1n) is 6.87. The number of rotatable bonds is 8. The van der Waals surface area contributed by atoms with Gasteiger partial charge in [-0.05, 0) is 18.8 Å². The predicted octanol–water partition coefficient (Wildman–Crippen LogP) is 5.43. The number of allylic oxidation sites excluding steroid dienone is 5. The summed E-state index contributed by atoms with van der Waals surface area (Å²) in [5.41, 5.74) is 0. The van der Waals surface area contributed by atoms with Crippen molar-refractivity contribution in [3.8, 4) is 0 Å². The van der Waals surface area contributed by atoms with Gasteiger partial charge in [-0.15, -0.1) is 0 Å². The normalized spacial score (nSPS) is 17.8. The van der Waals surface area contributed by atoms with E-state index in [0.29, 0.717) is 0 Å². The van der Waals surface area contributed by atoms with Crippen LogP contribution in [0.15, 0.2) is 37.0 Å². The molecule has 0 unspecified atom stereocenters. The zero-order chi connectivity index (χ0) is 11.5. The largest absolute Gasteiger partial charge is 0.0991 e. The molecule has 0 heteroatoms.